The Kier molecular flexibility index (Phi) is 6.49. The summed E-state index contributed by atoms with van der Waals surface area (Å²) in [6, 6.07) is 16.4. The van der Waals surface area contributed by atoms with Gasteiger partial charge in [-0.05, 0) is 48.9 Å². The zero-order valence-electron chi connectivity index (χ0n) is 15.0. The average Bonchev–Trinajstić information content (AvgIpc) is 3.13. The summed E-state index contributed by atoms with van der Waals surface area (Å²) in [5.74, 6) is -1.10. The van der Waals surface area contributed by atoms with Crippen LogP contribution in [-0.2, 0) is 9.63 Å². The van der Waals surface area contributed by atoms with Crippen LogP contribution in [0.2, 0.25) is 5.02 Å². The van der Waals surface area contributed by atoms with Crippen LogP contribution in [0.3, 0.4) is 0 Å². The molecule has 144 valence electrons. The van der Waals surface area contributed by atoms with Crippen molar-refractivity contribution in [3.05, 3.63) is 69.8 Å². The Bertz CT molecular complexity index is 922. The lowest BCUT2D eigenvalue weighted by Gasteiger charge is -2.08. The second-order valence-corrected chi connectivity index (χ2v) is 7.32. The lowest BCUT2D eigenvalue weighted by atomic mass is 10.1. The monoisotopic (exact) mass is 461 g/mol. The molecule has 0 aliphatic heterocycles. The smallest absolute Gasteiger partial charge is 0.332 e. The Hall–Kier alpha value is -2.64. The third-order valence-electron chi connectivity index (χ3n) is 3.86. The molecule has 0 unspecified atom stereocenters. The molecule has 0 saturated heterocycles. The molecule has 2 aromatic carbocycles. The highest BCUT2D eigenvalue weighted by molar-refractivity contribution is 9.10. The number of halogens is 2. The fourth-order valence-electron chi connectivity index (χ4n) is 2.51. The third-order valence-corrected chi connectivity index (χ3v) is 4.65. The maximum Gasteiger partial charge on any atom is 0.332 e. The molecule has 3 aromatic rings. The van der Waals surface area contributed by atoms with E-state index >= 15 is 0 Å². The number of aromatic nitrogens is 2. The number of nitrogens with zero attached hydrogens (tertiary/aromatic N) is 2. The van der Waals surface area contributed by atoms with Gasteiger partial charge in [0.15, 0.2) is 5.69 Å². The molecule has 6 nitrogen and oxygen atoms in total. The van der Waals surface area contributed by atoms with E-state index in [4.69, 9.17) is 16.4 Å². The maximum absolute atomic E-state index is 12.4. The first kappa shape index (κ1) is 20.1. The minimum Gasteiger partial charge on any atom is -0.340 e. The maximum atomic E-state index is 12.4. The molecule has 1 heterocycles. The van der Waals surface area contributed by atoms with Crippen molar-refractivity contribution in [1.82, 2.24) is 15.3 Å². The molecule has 0 fully saturated rings. The lowest BCUT2D eigenvalue weighted by Crippen LogP contribution is -2.27. The van der Waals surface area contributed by atoms with Gasteiger partial charge in [-0.25, -0.2) is 9.48 Å². The minimum absolute atomic E-state index is 0.122. The van der Waals surface area contributed by atoms with Gasteiger partial charge >= 0.3 is 11.9 Å². The molecule has 1 N–H and O–H groups in total. The number of hydrogen-bond acceptors (Lipinski definition) is 4. The first-order valence-corrected chi connectivity index (χ1v) is 9.77. The number of carbonyl (C=O) groups excluding carboxylic acids is 2. The van der Waals surface area contributed by atoms with Crippen LogP contribution in [0.5, 0.6) is 0 Å². The molecule has 28 heavy (non-hydrogen) atoms. The summed E-state index contributed by atoms with van der Waals surface area (Å²) in [5, 5.41) is 4.99. The van der Waals surface area contributed by atoms with Gasteiger partial charge in [0.05, 0.1) is 11.4 Å². The number of rotatable bonds is 5. The number of amides is 1. The van der Waals surface area contributed by atoms with E-state index in [-0.39, 0.29) is 12.1 Å². The lowest BCUT2D eigenvalue weighted by molar-refractivity contribution is -0.149. The molecule has 0 bridgehead atoms. The van der Waals surface area contributed by atoms with Gasteiger partial charge in [0.1, 0.15) is 0 Å². The highest BCUT2D eigenvalue weighted by atomic mass is 79.9. The first-order valence-electron chi connectivity index (χ1n) is 8.60. The minimum atomic E-state index is -0.601. The van der Waals surface area contributed by atoms with Crippen LogP contribution in [0, 0.1) is 0 Å². The number of hydrogen-bond donors (Lipinski definition) is 1. The molecule has 8 heteroatoms. The molecule has 1 amide bonds. The largest absolute Gasteiger partial charge is 0.340 e. The van der Waals surface area contributed by atoms with Crippen LogP contribution < -0.4 is 5.48 Å². The van der Waals surface area contributed by atoms with Crippen molar-refractivity contribution in [2.45, 2.75) is 19.8 Å². The van der Waals surface area contributed by atoms with Crippen molar-refractivity contribution in [1.29, 1.82) is 0 Å². The summed E-state index contributed by atoms with van der Waals surface area (Å²) in [6.07, 6.45) is 0.858. The quantitative estimate of drug-likeness (QED) is 0.545. The van der Waals surface area contributed by atoms with Crippen molar-refractivity contribution in [2.75, 3.05) is 0 Å². The van der Waals surface area contributed by atoms with Gasteiger partial charge in [-0.15, -0.1) is 0 Å². The second-order valence-electron chi connectivity index (χ2n) is 5.97. The SMILES string of the molecule is CCCC(=O)ONC(=O)c1cc(-c2ccc(Br)cc2)n(-c2ccc(Cl)cc2)n1. The third kappa shape index (κ3) is 4.79. The van der Waals surface area contributed by atoms with E-state index in [9.17, 15) is 9.59 Å². The molecule has 0 saturated carbocycles. The molecule has 0 atom stereocenters. The standard InChI is InChI=1S/C20H17BrClN3O3/c1-2-3-19(26)28-24-20(27)17-12-18(13-4-6-14(21)7-5-13)25(23-17)16-10-8-15(22)9-11-16/h4-12H,2-3H2,1H3,(H,24,27). The van der Waals surface area contributed by atoms with E-state index in [0.717, 1.165) is 15.7 Å². The predicted molar refractivity (Wildman–Crippen MR) is 110 cm³/mol. The van der Waals surface area contributed by atoms with Gasteiger partial charge in [0, 0.05) is 21.5 Å². The normalized spacial score (nSPS) is 10.5. The molecule has 0 radical (unpaired) electrons. The van der Waals surface area contributed by atoms with Crippen molar-refractivity contribution in [3.8, 4) is 16.9 Å². The summed E-state index contributed by atoms with van der Waals surface area (Å²) in [6.45, 7) is 1.85. The highest BCUT2D eigenvalue weighted by Crippen LogP contribution is 2.26. The van der Waals surface area contributed by atoms with Crippen LogP contribution in [0.25, 0.3) is 16.9 Å². The van der Waals surface area contributed by atoms with Gasteiger partial charge in [-0.2, -0.15) is 10.6 Å². The number of benzene rings is 2. The van der Waals surface area contributed by atoms with Crippen LogP contribution in [0.1, 0.15) is 30.3 Å². The van der Waals surface area contributed by atoms with E-state index < -0.39 is 11.9 Å². The van der Waals surface area contributed by atoms with Crippen molar-refractivity contribution >= 4 is 39.4 Å². The summed E-state index contributed by atoms with van der Waals surface area (Å²) in [5.41, 5.74) is 4.59. The molecular weight excluding hydrogens is 446 g/mol. The summed E-state index contributed by atoms with van der Waals surface area (Å²) >= 11 is 9.39. The van der Waals surface area contributed by atoms with E-state index in [0.29, 0.717) is 17.1 Å². The Morgan fingerprint density at radius 2 is 1.82 bits per heavy atom. The van der Waals surface area contributed by atoms with E-state index in [1.807, 2.05) is 31.2 Å². The molecule has 0 aliphatic rings. The summed E-state index contributed by atoms with van der Waals surface area (Å²) in [4.78, 5) is 28.7. The van der Waals surface area contributed by atoms with Crippen molar-refractivity contribution < 1.29 is 14.4 Å². The number of carbonyl (C=O) groups is 2. The summed E-state index contributed by atoms with van der Waals surface area (Å²) < 4.78 is 2.58. The zero-order chi connectivity index (χ0) is 20.1. The van der Waals surface area contributed by atoms with Crippen LogP contribution in [0.15, 0.2) is 59.1 Å². The Morgan fingerprint density at radius 3 is 2.46 bits per heavy atom. The molecule has 0 spiro atoms. The molecule has 0 aliphatic carbocycles. The Labute approximate surface area is 175 Å². The summed E-state index contributed by atoms with van der Waals surface area (Å²) in [7, 11) is 0. The number of hydroxylamine groups is 1. The van der Waals surface area contributed by atoms with Crippen LogP contribution >= 0.6 is 27.5 Å². The van der Waals surface area contributed by atoms with E-state index in [1.165, 1.54) is 0 Å². The van der Waals surface area contributed by atoms with Gasteiger partial charge < -0.3 is 4.84 Å². The Balaban J connectivity index is 1.95. The van der Waals surface area contributed by atoms with Gasteiger partial charge in [0.2, 0.25) is 0 Å². The molecule has 1 aromatic heterocycles. The van der Waals surface area contributed by atoms with Crippen molar-refractivity contribution in [3.63, 3.8) is 0 Å². The topological polar surface area (TPSA) is 73.2 Å². The highest BCUT2D eigenvalue weighted by Gasteiger charge is 2.18. The fourth-order valence-corrected chi connectivity index (χ4v) is 2.90. The van der Waals surface area contributed by atoms with Crippen LogP contribution in [0.4, 0.5) is 0 Å². The van der Waals surface area contributed by atoms with Crippen molar-refractivity contribution in [2.24, 2.45) is 0 Å². The molecular formula is C20H17BrClN3O3. The van der Waals surface area contributed by atoms with Gasteiger partial charge in [0.25, 0.3) is 0 Å². The van der Waals surface area contributed by atoms with E-state index in [2.05, 4.69) is 26.5 Å². The van der Waals surface area contributed by atoms with Crippen LogP contribution in [-0.4, -0.2) is 21.7 Å². The predicted octanol–water partition coefficient (Wildman–Crippen LogP) is 4.94. The second kappa shape index (κ2) is 9.03. The fraction of sp³-hybridized carbons (Fsp3) is 0.150. The Morgan fingerprint density at radius 1 is 1.14 bits per heavy atom. The number of nitrogens with one attached hydrogen (secondary N) is 1. The zero-order valence-corrected chi connectivity index (χ0v) is 17.3. The van der Waals surface area contributed by atoms with Gasteiger partial charge in [-0.1, -0.05) is 46.6 Å². The first-order chi connectivity index (χ1) is 13.5. The average molecular weight is 463 g/mol. The molecule has 3 rings (SSSR count). The van der Waals surface area contributed by atoms with E-state index in [1.54, 1.807) is 35.0 Å². The van der Waals surface area contributed by atoms with Gasteiger partial charge in [-0.3, -0.25) is 4.79 Å².